The van der Waals surface area contributed by atoms with Gasteiger partial charge in [0.15, 0.2) is 0 Å². The number of anilines is 1. The van der Waals surface area contributed by atoms with Crippen molar-refractivity contribution in [3.8, 4) is 5.75 Å². The van der Waals surface area contributed by atoms with E-state index in [9.17, 15) is 13.2 Å². The van der Waals surface area contributed by atoms with Crippen molar-refractivity contribution < 1.29 is 17.9 Å². The Morgan fingerprint density at radius 2 is 1.81 bits per heavy atom. The summed E-state index contributed by atoms with van der Waals surface area (Å²) in [6.45, 7) is 5.86. The second-order valence-corrected chi connectivity index (χ2v) is 8.13. The fourth-order valence-electron chi connectivity index (χ4n) is 2.27. The van der Waals surface area contributed by atoms with E-state index in [1.54, 1.807) is 38.1 Å². The van der Waals surface area contributed by atoms with Gasteiger partial charge in [-0.1, -0.05) is 18.5 Å². The molecule has 1 amide bonds. The summed E-state index contributed by atoms with van der Waals surface area (Å²) < 4.78 is 33.2. The lowest BCUT2D eigenvalue weighted by atomic mass is 10.2. The molecule has 0 fully saturated rings. The van der Waals surface area contributed by atoms with Crippen molar-refractivity contribution in [2.24, 2.45) is 0 Å². The number of carbonyl (C=O) groups excluding carboxylic acids is 1. The number of sulfonamides is 1. The topological polar surface area (TPSA) is 84.5 Å². The highest BCUT2D eigenvalue weighted by Crippen LogP contribution is 2.28. The minimum atomic E-state index is -3.71. The Kier molecular flexibility index (Phi) is 7.24. The smallest absolute Gasteiger partial charge is 0.255 e. The Morgan fingerprint density at radius 3 is 2.41 bits per heavy atom. The zero-order valence-corrected chi connectivity index (χ0v) is 17.0. The first-order chi connectivity index (χ1) is 12.8. The van der Waals surface area contributed by atoms with Gasteiger partial charge < -0.3 is 10.1 Å². The van der Waals surface area contributed by atoms with Crippen molar-refractivity contribution in [3.63, 3.8) is 0 Å². The summed E-state index contributed by atoms with van der Waals surface area (Å²) in [5.41, 5.74) is 0.677. The van der Waals surface area contributed by atoms with E-state index in [0.717, 1.165) is 0 Å². The van der Waals surface area contributed by atoms with Crippen molar-refractivity contribution >= 4 is 33.2 Å². The van der Waals surface area contributed by atoms with Gasteiger partial charge >= 0.3 is 0 Å². The minimum absolute atomic E-state index is 0.0534. The van der Waals surface area contributed by atoms with Crippen LogP contribution in [0.2, 0.25) is 5.02 Å². The fourth-order valence-corrected chi connectivity index (χ4v) is 3.75. The Balaban J connectivity index is 2.35. The summed E-state index contributed by atoms with van der Waals surface area (Å²) >= 11 is 5.84. The molecule has 0 heterocycles. The SMILES string of the molecule is CCOc1ccc(S(=O)(=O)N[C@H](C)CC)cc1NC(=O)c1ccc(Cl)cc1. The first-order valence-corrected chi connectivity index (χ1v) is 10.5. The molecule has 0 bridgehead atoms. The number of halogens is 1. The van der Waals surface area contributed by atoms with E-state index in [4.69, 9.17) is 16.3 Å². The molecule has 8 heteroatoms. The number of hydrogen-bond donors (Lipinski definition) is 2. The molecule has 1 atom stereocenters. The molecule has 0 aromatic heterocycles. The zero-order chi connectivity index (χ0) is 20.0. The Hall–Kier alpha value is -2.09. The van der Waals surface area contributed by atoms with Gasteiger partial charge in [0.25, 0.3) is 5.91 Å². The van der Waals surface area contributed by atoms with E-state index in [0.29, 0.717) is 29.4 Å². The van der Waals surface area contributed by atoms with Gasteiger partial charge in [-0.05, 0) is 62.7 Å². The number of rotatable bonds is 8. The Labute approximate surface area is 164 Å². The van der Waals surface area contributed by atoms with Crippen molar-refractivity contribution in [2.75, 3.05) is 11.9 Å². The van der Waals surface area contributed by atoms with Crippen LogP contribution in [0.15, 0.2) is 47.4 Å². The maximum absolute atomic E-state index is 12.5. The average Bonchev–Trinajstić information content (AvgIpc) is 2.63. The van der Waals surface area contributed by atoms with E-state index in [-0.39, 0.29) is 16.6 Å². The van der Waals surface area contributed by atoms with Gasteiger partial charge in [-0.2, -0.15) is 0 Å². The molecule has 0 radical (unpaired) electrons. The van der Waals surface area contributed by atoms with Crippen LogP contribution in [0.25, 0.3) is 0 Å². The summed E-state index contributed by atoms with van der Waals surface area (Å²) in [5, 5.41) is 3.23. The predicted octanol–water partition coefficient (Wildman–Crippen LogP) is 4.07. The van der Waals surface area contributed by atoms with E-state index in [2.05, 4.69) is 10.0 Å². The van der Waals surface area contributed by atoms with Gasteiger partial charge in [0.1, 0.15) is 5.75 Å². The zero-order valence-electron chi connectivity index (χ0n) is 15.5. The summed E-state index contributed by atoms with van der Waals surface area (Å²) in [5.74, 6) is -0.000596. The number of carbonyl (C=O) groups is 1. The van der Waals surface area contributed by atoms with Crippen LogP contribution in [0.4, 0.5) is 5.69 Å². The molecule has 2 rings (SSSR count). The number of nitrogens with one attached hydrogen (secondary N) is 2. The monoisotopic (exact) mass is 410 g/mol. The van der Waals surface area contributed by atoms with Crippen LogP contribution in [0.1, 0.15) is 37.6 Å². The van der Waals surface area contributed by atoms with E-state index >= 15 is 0 Å². The highest BCUT2D eigenvalue weighted by Gasteiger charge is 2.19. The second kappa shape index (κ2) is 9.21. The van der Waals surface area contributed by atoms with Crippen LogP contribution >= 0.6 is 11.6 Å². The lowest BCUT2D eigenvalue weighted by Crippen LogP contribution is -2.32. The van der Waals surface area contributed by atoms with Crippen LogP contribution in [0.3, 0.4) is 0 Å². The molecule has 0 aliphatic carbocycles. The molecule has 146 valence electrons. The first kappa shape index (κ1) is 21.2. The normalized spacial score (nSPS) is 12.4. The predicted molar refractivity (Wildman–Crippen MR) is 107 cm³/mol. The van der Waals surface area contributed by atoms with Gasteiger partial charge in [0.2, 0.25) is 10.0 Å². The maximum Gasteiger partial charge on any atom is 0.255 e. The van der Waals surface area contributed by atoms with Gasteiger partial charge in [-0.15, -0.1) is 0 Å². The lowest BCUT2D eigenvalue weighted by Gasteiger charge is -2.16. The number of benzene rings is 2. The summed E-state index contributed by atoms with van der Waals surface area (Å²) in [7, 11) is -3.71. The molecule has 0 aliphatic heterocycles. The molecule has 2 N–H and O–H groups in total. The lowest BCUT2D eigenvalue weighted by molar-refractivity contribution is 0.102. The highest BCUT2D eigenvalue weighted by atomic mass is 35.5. The molecular weight excluding hydrogens is 388 g/mol. The van der Waals surface area contributed by atoms with Crippen LogP contribution in [0, 0.1) is 0 Å². The fraction of sp³-hybridized carbons (Fsp3) is 0.316. The Morgan fingerprint density at radius 1 is 1.15 bits per heavy atom. The summed E-state index contributed by atoms with van der Waals surface area (Å²) in [6, 6.07) is 10.6. The van der Waals surface area contributed by atoms with Gasteiger partial charge in [-0.3, -0.25) is 4.79 Å². The summed E-state index contributed by atoms with van der Waals surface area (Å²) in [6.07, 6.45) is 0.663. The minimum Gasteiger partial charge on any atom is -0.492 e. The molecule has 0 aliphatic rings. The highest BCUT2D eigenvalue weighted by molar-refractivity contribution is 7.89. The van der Waals surface area contributed by atoms with Gasteiger partial charge in [0, 0.05) is 16.6 Å². The molecule has 6 nitrogen and oxygen atoms in total. The van der Waals surface area contributed by atoms with Crippen molar-refractivity contribution in [3.05, 3.63) is 53.1 Å². The van der Waals surface area contributed by atoms with E-state index < -0.39 is 15.9 Å². The molecule has 0 saturated heterocycles. The third-order valence-corrected chi connectivity index (χ3v) is 5.72. The number of ether oxygens (including phenoxy) is 1. The third kappa shape index (κ3) is 5.69. The first-order valence-electron chi connectivity index (χ1n) is 8.63. The maximum atomic E-state index is 12.5. The average molecular weight is 411 g/mol. The van der Waals surface area contributed by atoms with Gasteiger partial charge in [-0.25, -0.2) is 13.1 Å². The molecule has 2 aromatic carbocycles. The van der Waals surface area contributed by atoms with Crippen LogP contribution < -0.4 is 14.8 Å². The Bertz CT molecular complexity index is 898. The van der Waals surface area contributed by atoms with Crippen molar-refractivity contribution in [1.29, 1.82) is 0 Å². The van der Waals surface area contributed by atoms with Crippen LogP contribution in [-0.4, -0.2) is 27.0 Å². The second-order valence-electron chi connectivity index (χ2n) is 5.98. The molecule has 27 heavy (non-hydrogen) atoms. The summed E-state index contributed by atoms with van der Waals surface area (Å²) in [4.78, 5) is 12.5. The molecular formula is C19H23ClN2O4S. The molecule has 0 unspecified atom stereocenters. The molecule has 0 spiro atoms. The van der Waals surface area contributed by atoms with Crippen molar-refractivity contribution in [1.82, 2.24) is 4.72 Å². The van der Waals surface area contributed by atoms with E-state index in [1.165, 1.54) is 18.2 Å². The number of amides is 1. The quantitative estimate of drug-likeness (QED) is 0.687. The largest absolute Gasteiger partial charge is 0.492 e. The van der Waals surface area contributed by atoms with Crippen LogP contribution in [-0.2, 0) is 10.0 Å². The van der Waals surface area contributed by atoms with Crippen LogP contribution in [0.5, 0.6) is 5.75 Å². The van der Waals surface area contributed by atoms with Crippen molar-refractivity contribution in [2.45, 2.75) is 38.1 Å². The van der Waals surface area contributed by atoms with Gasteiger partial charge in [0.05, 0.1) is 17.2 Å². The molecule has 2 aromatic rings. The third-order valence-electron chi connectivity index (χ3n) is 3.88. The standard InChI is InChI=1S/C19H23ClN2O4S/c1-4-13(3)22-27(24,25)16-10-11-18(26-5-2)17(12-16)21-19(23)14-6-8-15(20)9-7-14/h6-13,22H,4-5H2,1-3H3,(H,21,23)/t13-/m1/s1. The molecule has 0 saturated carbocycles. The van der Waals surface area contributed by atoms with E-state index in [1.807, 2.05) is 6.92 Å². The number of hydrogen-bond acceptors (Lipinski definition) is 4.